The number of nitrogens with one attached hydrogen (secondary N) is 2. The highest BCUT2D eigenvalue weighted by molar-refractivity contribution is 7.89. The molecule has 0 unspecified atom stereocenters. The molecule has 2 N–H and O–H groups in total. The van der Waals surface area contributed by atoms with Crippen molar-refractivity contribution in [2.45, 2.75) is 24.8 Å². The summed E-state index contributed by atoms with van der Waals surface area (Å²) >= 11 is 0. The van der Waals surface area contributed by atoms with Crippen molar-refractivity contribution in [3.63, 3.8) is 0 Å². The van der Waals surface area contributed by atoms with E-state index < -0.39 is 22.0 Å². The minimum absolute atomic E-state index is 0.103. The molecule has 0 fully saturated rings. The van der Waals surface area contributed by atoms with Crippen LogP contribution in [0.2, 0.25) is 0 Å². The van der Waals surface area contributed by atoms with Crippen molar-refractivity contribution in [1.82, 2.24) is 14.9 Å². The van der Waals surface area contributed by atoms with E-state index in [9.17, 15) is 18.0 Å². The van der Waals surface area contributed by atoms with E-state index in [0.717, 1.165) is 4.31 Å². The standard InChI is InChI=1S/C14H21N3O4S/c1-5-15-13(18)10(2)16-14(19)11-6-8-12(9-7-11)22(20,21)17(3)4/h6-10H,5H2,1-4H3,(H,15,18)(H,16,19)/t10-/m1/s1. The molecule has 1 aromatic rings. The van der Waals surface area contributed by atoms with Gasteiger partial charge < -0.3 is 10.6 Å². The van der Waals surface area contributed by atoms with Crippen LogP contribution in [0.4, 0.5) is 0 Å². The van der Waals surface area contributed by atoms with Crippen LogP contribution in [0.1, 0.15) is 24.2 Å². The molecule has 0 heterocycles. The second-order valence-corrected chi connectivity index (χ2v) is 7.05. The molecule has 0 saturated heterocycles. The van der Waals surface area contributed by atoms with Gasteiger partial charge in [0.25, 0.3) is 5.91 Å². The zero-order valence-electron chi connectivity index (χ0n) is 13.1. The average Bonchev–Trinajstić information content (AvgIpc) is 2.47. The Bertz CT molecular complexity index is 639. The first kappa shape index (κ1) is 18.1. The Hall–Kier alpha value is -1.93. The summed E-state index contributed by atoms with van der Waals surface area (Å²) in [5.41, 5.74) is 0.286. The third-order valence-corrected chi connectivity index (χ3v) is 4.82. The van der Waals surface area contributed by atoms with Crippen molar-refractivity contribution >= 4 is 21.8 Å². The molecular formula is C14H21N3O4S. The summed E-state index contributed by atoms with van der Waals surface area (Å²) in [6.45, 7) is 3.85. The van der Waals surface area contributed by atoms with E-state index in [-0.39, 0.29) is 16.4 Å². The van der Waals surface area contributed by atoms with Crippen molar-refractivity contribution in [2.75, 3.05) is 20.6 Å². The predicted octanol–water partition coefficient (Wildman–Crippen LogP) is 0.191. The first-order valence-corrected chi connectivity index (χ1v) is 8.25. The Morgan fingerprint density at radius 2 is 1.73 bits per heavy atom. The van der Waals surface area contributed by atoms with Gasteiger partial charge in [0.2, 0.25) is 15.9 Å². The lowest BCUT2D eigenvalue weighted by atomic mass is 10.2. The molecule has 1 aromatic carbocycles. The van der Waals surface area contributed by atoms with Gasteiger partial charge in [-0.3, -0.25) is 9.59 Å². The third-order valence-electron chi connectivity index (χ3n) is 2.99. The molecule has 2 amide bonds. The van der Waals surface area contributed by atoms with Gasteiger partial charge in [-0.15, -0.1) is 0 Å². The summed E-state index contributed by atoms with van der Waals surface area (Å²) in [6.07, 6.45) is 0. The highest BCUT2D eigenvalue weighted by Crippen LogP contribution is 2.14. The van der Waals surface area contributed by atoms with Gasteiger partial charge in [0.1, 0.15) is 6.04 Å². The normalized spacial score (nSPS) is 12.8. The van der Waals surface area contributed by atoms with E-state index in [0.29, 0.717) is 6.54 Å². The number of hydrogen-bond donors (Lipinski definition) is 2. The maximum Gasteiger partial charge on any atom is 0.251 e. The van der Waals surface area contributed by atoms with Gasteiger partial charge in [-0.25, -0.2) is 12.7 Å². The van der Waals surface area contributed by atoms with Crippen LogP contribution in [0.3, 0.4) is 0 Å². The molecule has 0 spiro atoms. The fourth-order valence-corrected chi connectivity index (χ4v) is 2.56. The molecule has 0 radical (unpaired) electrons. The van der Waals surface area contributed by atoms with Gasteiger partial charge in [0.05, 0.1) is 4.90 Å². The number of hydrogen-bond acceptors (Lipinski definition) is 4. The topological polar surface area (TPSA) is 95.6 Å². The Balaban J connectivity index is 2.83. The van der Waals surface area contributed by atoms with Crippen molar-refractivity contribution in [1.29, 1.82) is 0 Å². The van der Waals surface area contributed by atoms with Gasteiger partial charge in [-0.1, -0.05) is 0 Å². The fourth-order valence-electron chi connectivity index (χ4n) is 1.66. The average molecular weight is 327 g/mol. The van der Waals surface area contributed by atoms with Crippen molar-refractivity contribution < 1.29 is 18.0 Å². The Morgan fingerprint density at radius 3 is 2.18 bits per heavy atom. The predicted molar refractivity (Wildman–Crippen MR) is 82.9 cm³/mol. The highest BCUT2D eigenvalue weighted by atomic mass is 32.2. The summed E-state index contributed by atoms with van der Waals surface area (Å²) in [5, 5.41) is 5.16. The fraction of sp³-hybridized carbons (Fsp3) is 0.429. The van der Waals surface area contributed by atoms with E-state index in [2.05, 4.69) is 10.6 Å². The highest BCUT2D eigenvalue weighted by Gasteiger charge is 2.19. The maximum absolute atomic E-state index is 12.0. The molecule has 0 aliphatic heterocycles. The number of rotatable bonds is 6. The Morgan fingerprint density at radius 1 is 1.18 bits per heavy atom. The molecule has 1 rings (SSSR count). The Labute approximate surface area is 130 Å². The zero-order valence-corrected chi connectivity index (χ0v) is 13.9. The van der Waals surface area contributed by atoms with Crippen LogP contribution in [0.5, 0.6) is 0 Å². The first-order valence-electron chi connectivity index (χ1n) is 6.81. The van der Waals surface area contributed by atoms with Crippen LogP contribution < -0.4 is 10.6 Å². The third kappa shape index (κ3) is 4.28. The van der Waals surface area contributed by atoms with Gasteiger partial charge in [0, 0.05) is 26.2 Å². The van der Waals surface area contributed by atoms with E-state index in [4.69, 9.17) is 0 Å². The molecule has 0 aromatic heterocycles. The van der Waals surface area contributed by atoms with Gasteiger partial charge in [-0.2, -0.15) is 0 Å². The lowest BCUT2D eigenvalue weighted by Gasteiger charge is -2.14. The molecule has 0 saturated carbocycles. The van der Waals surface area contributed by atoms with E-state index in [1.807, 2.05) is 0 Å². The smallest absolute Gasteiger partial charge is 0.251 e. The quantitative estimate of drug-likeness (QED) is 0.780. The van der Waals surface area contributed by atoms with Crippen LogP contribution in [0.15, 0.2) is 29.2 Å². The summed E-state index contributed by atoms with van der Waals surface area (Å²) < 4.78 is 24.9. The van der Waals surface area contributed by atoms with Gasteiger partial charge in [0.15, 0.2) is 0 Å². The minimum Gasteiger partial charge on any atom is -0.355 e. The molecule has 0 aliphatic rings. The summed E-state index contributed by atoms with van der Waals surface area (Å²) in [5.74, 6) is -0.713. The number of sulfonamides is 1. The SMILES string of the molecule is CCNC(=O)[C@@H](C)NC(=O)c1ccc(S(=O)(=O)N(C)C)cc1. The lowest BCUT2D eigenvalue weighted by Crippen LogP contribution is -2.44. The largest absolute Gasteiger partial charge is 0.355 e. The van der Waals surface area contributed by atoms with Crippen LogP contribution in [-0.2, 0) is 14.8 Å². The summed E-state index contributed by atoms with van der Waals surface area (Å²) in [4.78, 5) is 23.7. The molecule has 7 nitrogen and oxygen atoms in total. The maximum atomic E-state index is 12.0. The minimum atomic E-state index is -3.53. The number of carbonyl (C=O) groups excluding carboxylic acids is 2. The number of benzene rings is 1. The molecule has 122 valence electrons. The molecule has 0 bridgehead atoms. The van der Waals surface area contributed by atoms with Crippen molar-refractivity contribution in [3.05, 3.63) is 29.8 Å². The first-order chi connectivity index (χ1) is 10.2. The van der Waals surface area contributed by atoms with Crippen LogP contribution in [0, 0.1) is 0 Å². The van der Waals surface area contributed by atoms with Crippen LogP contribution in [0.25, 0.3) is 0 Å². The van der Waals surface area contributed by atoms with Crippen molar-refractivity contribution in [2.24, 2.45) is 0 Å². The molecule has 8 heteroatoms. The lowest BCUT2D eigenvalue weighted by molar-refractivity contribution is -0.122. The number of nitrogens with zero attached hydrogens (tertiary/aromatic N) is 1. The molecule has 0 aliphatic carbocycles. The molecular weight excluding hydrogens is 306 g/mol. The van der Waals surface area contributed by atoms with Crippen LogP contribution in [-0.4, -0.2) is 51.2 Å². The van der Waals surface area contributed by atoms with Gasteiger partial charge in [-0.05, 0) is 38.1 Å². The van der Waals surface area contributed by atoms with Crippen molar-refractivity contribution in [3.8, 4) is 0 Å². The second-order valence-electron chi connectivity index (χ2n) is 4.90. The van der Waals surface area contributed by atoms with E-state index >= 15 is 0 Å². The number of amides is 2. The number of carbonyl (C=O) groups is 2. The monoisotopic (exact) mass is 327 g/mol. The molecule has 1 atom stereocenters. The van der Waals surface area contributed by atoms with Crippen LogP contribution >= 0.6 is 0 Å². The van der Waals surface area contributed by atoms with E-state index in [1.54, 1.807) is 13.8 Å². The molecule has 22 heavy (non-hydrogen) atoms. The van der Waals surface area contributed by atoms with E-state index in [1.165, 1.54) is 38.4 Å². The Kier molecular flexibility index (Phi) is 6.07. The van der Waals surface area contributed by atoms with Gasteiger partial charge >= 0.3 is 0 Å². The number of likely N-dealkylation sites (N-methyl/N-ethyl adjacent to an activating group) is 1. The summed E-state index contributed by atoms with van der Waals surface area (Å²) in [6, 6.07) is 4.88. The summed E-state index contributed by atoms with van der Waals surface area (Å²) in [7, 11) is -0.657. The second kappa shape index (κ2) is 7.37. The zero-order chi connectivity index (χ0) is 16.9.